The van der Waals surface area contributed by atoms with E-state index >= 15 is 0 Å². The monoisotopic (exact) mass is 163 g/mol. The average Bonchev–Trinajstić information content (AvgIpc) is 2.32. The summed E-state index contributed by atoms with van der Waals surface area (Å²) < 4.78 is 36.0. The van der Waals surface area contributed by atoms with Crippen LogP contribution in [0.15, 0.2) is 18.7 Å². The smallest absolute Gasteiger partial charge is 0.332 e. The van der Waals surface area contributed by atoms with E-state index in [1.54, 1.807) is 0 Å². The molecule has 1 aromatic heterocycles. The van der Waals surface area contributed by atoms with Gasteiger partial charge in [-0.1, -0.05) is 0 Å². The molecule has 0 saturated heterocycles. The van der Waals surface area contributed by atoms with Crippen molar-refractivity contribution in [3.8, 4) is 0 Å². The molecule has 0 saturated carbocycles. The molecule has 1 rings (SSSR count). The maximum Gasteiger partial charge on any atom is 0.391 e. The molecular weight excluding hydrogens is 157 g/mol. The molecule has 0 spiro atoms. The normalized spacial score (nSPS) is 11.9. The van der Waals surface area contributed by atoms with Crippen LogP contribution in [0.4, 0.5) is 13.2 Å². The predicted octanol–water partition coefficient (Wildman–Crippen LogP) is 1.85. The molecule has 0 aromatic carbocycles. The first-order valence-corrected chi connectivity index (χ1v) is 2.95. The first kappa shape index (κ1) is 8.10. The largest absolute Gasteiger partial charge is 0.391 e. The van der Waals surface area contributed by atoms with Crippen LogP contribution < -0.4 is 0 Å². The Morgan fingerprint density at radius 3 is 2.64 bits per heavy atom. The maximum atomic E-state index is 11.6. The third kappa shape index (κ3) is 3.06. The minimum absolute atomic E-state index is 0.927. The average molecular weight is 163 g/mol. The lowest BCUT2D eigenvalue weighted by Crippen LogP contribution is -2.09. The van der Waals surface area contributed by atoms with E-state index in [0.717, 1.165) is 6.54 Å². The minimum Gasteiger partial charge on any atom is -0.332 e. The van der Waals surface area contributed by atoms with Gasteiger partial charge in [-0.25, -0.2) is 4.98 Å². The van der Waals surface area contributed by atoms with E-state index in [1.807, 2.05) is 0 Å². The molecule has 1 radical (unpaired) electrons. The third-order valence-corrected chi connectivity index (χ3v) is 1.06. The van der Waals surface area contributed by atoms with Crippen molar-refractivity contribution in [3.63, 3.8) is 0 Å². The van der Waals surface area contributed by atoms with E-state index in [1.165, 1.54) is 23.3 Å². The van der Waals surface area contributed by atoms with Gasteiger partial charge in [0.25, 0.3) is 0 Å². The van der Waals surface area contributed by atoms with Gasteiger partial charge in [-0.3, -0.25) is 0 Å². The highest BCUT2D eigenvalue weighted by Crippen LogP contribution is 2.20. The van der Waals surface area contributed by atoms with E-state index < -0.39 is 12.6 Å². The number of hydrogen-bond acceptors (Lipinski definition) is 1. The second-order valence-corrected chi connectivity index (χ2v) is 2.01. The van der Waals surface area contributed by atoms with Crippen molar-refractivity contribution in [3.05, 3.63) is 25.3 Å². The fourth-order valence-electron chi connectivity index (χ4n) is 0.586. The minimum atomic E-state index is -4.13. The van der Waals surface area contributed by atoms with Gasteiger partial charge in [0, 0.05) is 12.4 Å². The van der Waals surface area contributed by atoms with Gasteiger partial charge in [0.1, 0.15) is 0 Å². The number of imidazole rings is 1. The first-order valence-electron chi connectivity index (χ1n) is 2.95. The molecule has 0 aliphatic rings. The number of aromatic nitrogens is 2. The van der Waals surface area contributed by atoms with Gasteiger partial charge < -0.3 is 4.57 Å². The molecule has 0 aliphatic heterocycles. The molecule has 2 nitrogen and oxygen atoms in total. The van der Waals surface area contributed by atoms with E-state index in [9.17, 15) is 13.2 Å². The summed E-state index contributed by atoms with van der Waals surface area (Å²) in [4.78, 5) is 3.59. The predicted molar refractivity (Wildman–Crippen MR) is 32.6 cm³/mol. The molecule has 1 aromatic rings. The summed E-state index contributed by atoms with van der Waals surface area (Å²) in [6, 6.07) is 0. The molecule has 0 aliphatic carbocycles. The van der Waals surface area contributed by atoms with Crippen molar-refractivity contribution in [2.24, 2.45) is 0 Å². The van der Waals surface area contributed by atoms with Crippen molar-refractivity contribution in [2.45, 2.75) is 12.6 Å². The molecule has 0 fully saturated rings. The van der Waals surface area contributed by atoms with Crippen LogP contribution in [-0.2, 0) is 0 Å². The quantitative estimate of drug-likeness (QED) is 0.650. The van der Waals surface area contributed by atoms with E-state index in [-0.39, 0.29) is 0 Å². The summed E-state index contributed by atoms with van der Waals surface area (Å²) >= 11 is 0. The molecular formula is C6H6F3N2. The zero-order chi connectivity index (χ0) is 8.32. The molecule has 11 heavy (non-hydrogen) atoms. The molecule has 0 unspecified atom stereocenters. The molecule has 0 bridgehead atoms. The van der Waals surface area contributed by atoms with Crippen LogP contribution in [0.5, 0.6) is 0 Å². The first-order chi connectivity index (χ1) is 5.08. The zero-order valence-electron chi connectivity index (χ0n) is 5.54. The van der Waals surface area contributed by atoms with Crippen LogP contribution in [-0.4, -0.2) is 15.7 Å². The van der Waals surface area contributed by atoms with Gasteiger partial charge in [-0.05, 0) is 0 Å². The zero-order valence-corrected chi connectivity index (χ0v) is 5.54. The van der Waals surface area contributed by atoms with Gasteiger partial charge in [0.2, 0.25) is 0 Å². The molecule has 0 N–H and O–H groups in total. The van der Waals surface area contributed by atoms with Crippen LogP contribution in [0.3, 0.4) is 0 Å². The van der Waals surface area contributed by atoms with Crippen LogP contribution in [0.25, 0.3) is 0 Å². The maximum absolute atomic E-state index is 11.6. The Labute approximate surface area is 61.7 Å². The fraction of sp³-hybridized carbons (Fsp3) is 0.333. The Morgan fingerprint density at radius 1 is 1.45 bits per heavy atom. The Kier molecular flexibility index (Phi) is 2.16. The van der Waals surface area contributed by atoms with Crippen molar-refractivity contribution in [1.29, 1.82) is 0 Å². The van der Waals surface area contributed by atoms with Gasteiger partial charge >= 0.3 is 6.18 Å². The Balaban J connectivity index is 2.35. The highest BCUT2D eigenvalue weighted by molar-refractivity contribution is 4.83. The van der Waals surface area contributed by atoms with Crippen molar-refractivity contribution >= 4 is 0 Å². The second kappa shape index (κ2) is 2.94. The fourth-order valence-corrected chi connectivity index (χ4v) is 0.586. The van der Waals surface area contributed by atoms with E-state index in [2.05, 4.69) is 4.98 Å². The summed E-state index contributed by atoms with van der Waals surface area (Å²) in [7, 11) is 0. The van der Waals surface area contributed by atoms with Crippen molar-refractivity contribution in [2.75, 3.05) is 0 Å². The second-order valence-electron chi connectivity index (χ2n) is 2.01. The standard InChI is InChI=1S/C6H6F3N2/c7-6(8,9)1-3-11-4-2-10-5-11/h2-5H,1H2. The number of halogens is 3. The SMILES string of the molecule is FC(F)(F)C[CH]n1ccnc1. The van der Waals surface area contributed by atoms with Crippen molar-refractivity contribution < 1.29 is 13.2 Å². The number of hydrogen-bond donors (Lipinski definition) is 0. The highest BCUT2D eigenvalue weighted by atomic mass is 19.4. The van der Waals surface area contributed by atoms with Gasteiger partial charge in [0.15, 0.2) is 0 Å². The van der Waals surface area contributed by atoms with Crippen LogP contribution in [0.2, 0.25) is 0 Å². The van der Waals surface area contributed by atoms with Crippen LogP contribution in [0.1, 0.15) is 6.42 Å². The summed E-state index contributed by atoms with van der Waals surface area (Å²) in [6.07, 6.45) is -0.877. The summed E-state index contributed by atoms with van der Waals surface area (Å²) in [6.45, 7) is 1.02. The van der Waals surface area contributed by atoms with E-state index in [4.69, 9.17) is 0 Å². The summed E-state index contributed by atoms with van der Waals surface area (Å²) in [5.41, 5.74) is 0. The van der Waals surface area contributed by atoms with Crippen molar-refractivity contribution in [1.82, 2.24) is 9.55 Å². The van der Waals surface area contributed by atoms with Gasteiger partial charge in [-0.15, -0.1) is 0 Å². The summed E-state index contributed by atoms with van der Waals surface area (Å²) in [5.74, 6) is 0. The lowest BCUT2D eigenvalue weighted by atomic mass is 10.4. The Bertz CT molecular complexity index is 202. The molecule has 0 atom stereocenters. The number of alkyl halides is 3. The summed E-state index contributed by atoms with van der Waals surface area (Å²) in [5, 5.41) is 0. The lowest BCUT2D eigenvalue weighted by Gasteiger charge is -2.04. The molecule has 5 heteroatoms. The third-order valence-electron chi connectivity index (χ3n) is 1.06. The van der Waals surface area contributed by atoms with Crippen LogP contribution in [0, 0.1) is 6.54 Å². The molecule has 1 heterocycles. The number of nitrogens with zero attached hydrogens (tertiary/aromatic N) is 2. The molecule has 61 valence electrons. The van der Waals surface area contributed by atoms with Gasteiger partial charge in [-0.2, -0.15) is 13.2 Å². The Morgan fingerprint density at radius 2 is 2.18 bits per heavy atom. The lowest BCUT2D eigenvalue weighted by molar-refractivity contribution is -0.128. The highest BCUT2D eigenvalue weighted by Gasteiger charge is 2.26. The van der Waals surface area contributed by atoms with Gasteiger partial charge in [0.05, 0.1) is 19.3 Å². The number of rotatable bonds is 2. The molecule has 0 amide bonds. The Hall–Kier alpha value is -1.00. The van der Waals surface area contributed by atoms with Crippen LogP contribution >= 0.6 is 0 Å². The van der Waals surface area contributed by atoms with E-state index in [0.29, 0.717) is 0 Å². The topological polar surface area (TPSA) is 17.8 Å².